The van der Waals surface area contributed by atoms with Gasteiger partial charge in [0.2, 0.25) is 0 Å². The first kappa shape index (κ1) is 16.6. The summed E-state index contributed by atoms with van der Waals surface area (Å²) >= 11 is 0. The smallest absolute Gasteiger partial charge is 0.115 e. The summed E-state index contributed by atoms with van der Waals surface area (Å²) < 4.78 is 6.26. The van der Waals surface area contributed by atoms with Gasteiger partial charge in [-0.3, -0.25) is 0 Å². The van der Waals surface area contributed by atoms with E-state index in [0.717, 1.165) is 25.7 Å². The first-order valence-electron chi connectivity index (χ1n) is 9.39. The number of hydrogen-bond donors (Lipinski definition) is 2. The van der Waals surface area contributed by atoms with Gasteiger partial charge in [-0.05, 0) is 73.3 Å². The van der Waals surface area contributed by atoms with E-state index in [-0.39, 0.29) is 11.6 Å². The highest BCUT2D eigenvalue weighted by atomic mass is 16.5. The molecular weight excluding hydrogens is 310 g/mol. The number of phenols is 1. The Hall–Kier alpha value is -1.84. The van der Waals surface area contributed by atoms with Crippen LogP contribution in [0.25, 0.3) is 0 Å². The van der Waals surface area contributed by atoms with E-state index in [2.05, 4.69) is 30.3 Å². The lowest BCUT2D eigenvalue weighted by Crippen LogP contribution is -2.55. The van der Waals surface area contributed by atoms with Gasteiger partial charge in [0, 0.05) is 6.61 Å². The van der Waals surface area contributed by atoms with Crippen LogP contribution >= 0.6 is 0 Å². The van der Waals surface area contributed by atoms with Gasteiger partial charge in [-0.25, -0.2) is 0 Å². The second-order valence-corrected chi connectivity index (χ2v) is 7.58. The molecule has 0 heterocycles. The number of rotatable bonds is 4. The maximum absolute atomic E-state index is 9.90. The van der Waals surface area contributed by atoms with E-state index in [0.29, 0.717) is 24.2 Å². The molecule has 0 aliphatic heterocycles. The maximum atomic E-state index is 9.90. The zero-order chi connectivity index (χ0) is 17.4. The Morgan fingerprint density at radius 2 is 1.76 bits per heavy atom. The molecule has 2 aliphatic rings. The Labute approximate surface area is 149 Å². The molecule has 3 nitrogen and oxygen atoms in total. The van der Waals surface area contributed by atoms with Crippen molar-refractivity contribution in [2.45, 2.75) is 44.2 Å². The van der Waals surface area contributed by atoms with Gasteiger partial charge in [0.1, 0.15) is 11.9 Å². The van der Waals surface area contributed by atoms with Crippen molar-refractivity contribution in [2.75, 3.05) is 6.61 Å². The summed E-state index contributed by atoms with van der Waals surface area (Å²) in [5.74, 6) is 1.13. The van der Waals surface area contributed by atoms with E-state index >= 15 is 0 Å². The third-order valence-corrected chi connectivity index (χ3v) is 6.29. The van der Waals surface area contributed by atoms with Gasteiger partial charge in [-0.1, -0.05) is 36.4 Å². The van der Waals surface area contributed by atoms with Crippen LogP contribution in [-0.2, 0) is 17.6 Å². The van der Waals surface area contributed by atoms with E-state index < -0.39 is 0 Å². The summed E-state index contributed by atoms with van der Waals surface area (Å²) in [6, 6.07) is 16.2. The molecule has 3 N–H and O–H groups in total. The van der Waals surface area contributed by atoms with E-state index in [1.807, 2.05) is 19.1 Å². The van der Waals surface area contributed by atoms with Crippen molar-refractivity contribution in [2.24, 2.45) is 17.6 Å². The highest BCUT2D eigenvalue weighted by Gasteiger charge is 2.54. The molecule has 2 bridgehead atoms. The predicted octanol–water partition coefficient (Wildman–Crippen LogP) is 3.99. The molecule has 2 aliphatic carbocycles. The first-order valence-corrected chi connectivity index (χ1v) is 9.39. The average molecular weight is 337 g/mol. The number of aromatic hydroxyl groups is 1. The lowest BCUT2D eigenvalue weighted by Gasteiger charge is -2.42. The predicted molar refractivity (Wildman–Crippen MR) is 99.5 cm³/mol. The molecule has 1 saturated carbocycles. The topological polar surface area (TPSA) is 55.5 Å². The van der Waals surface area contributed by atoms with Crippen molar-refractivity contribution in [3.63, 3.8) is 0 Å². The Balaban J connectivity index is 1.75. The minimum absolute atomic E-state index is 0.0842. The summed E-state index contributed by atoms with van der Waals surface area (Å²) in [4.78, 5) is 0. The fraction of sp³-hybridized carbons (Fsp3) is 0.455. The van der Waals surface area contributed by atoms with Crippen LogP contribution in [0.15, 0.2) is 48.5 Å². The fourth-order valence-corrected chi connectivity index (χ4v) is 5.08. The highest BCUT2D eigenvalue weighted by Crippen LogP contribution is 2.52. The molecule has 4 unspecified atom stereocenters. The van der Waals surface area contributed by atoms with Gasteiger partial charge >= 0.3 is 0 Å². The number of ether oxygens (including phenoxy) is 1. The SMILES string of the molecule is CCOC(c1ccccc1)C1(N)C2CCC1Cc1cc(O)ccc1C2. The molecule has 3 heteroatoms. The lowest BCUT2D eigenvalue weighted by atomic mass is 9.73. The third kappa shape index (κ3) is 2.76. The first-order chi connectivity index (χ1) is 12.1. The molecule has 0 saturated heterocycles. The van der Waals surface area contributed by atoms with Gasteiger partial charge in [-0.2, -0.15) is 0 Å². The molecule has 0 aromatic heterocycles. The van der Waals surface area contributed by atoms with Gasteiger partial charge in [0.15, 0.2) is 0 Å². The van der Waals surface area contributed by atoms with Crippen molar-refractivity contribution >= 4 is 0 Å². The van der Waals surface area contributed by atoms with Gasteiger partial charge in [0.05, 0.1) is 5.54 Å². The van der Waals surface area contributed by atoms with Gasteiger partial charge < -0.3 is 15.6 Å². The Bertz CT molecular complexity index is 745. The largest absolute Gasteiger partial charge is 0.508 e. The second-order valence-electron chi connectivity index (χ2n) is 7.58. The molecule has 0 radical (unpaired) electrons. The van der Waals surface area contributed by atoms with Crippen molar-refractivity contribution in [1.29, 1.82) is 0 Å². The lowest BCUT2D eigenvalue weighted by molar-refractivity contribution is -0.0281. The standard InChI is InChI=1S/C22H27NO2/c1-2-25-21(15-6-4-3-5-7-15)22(23)18-9-10-19(22)13-17-14-20(24)11-8-16(17)12-18/h3-8,11,14,18-19,21,24H,2,9-10,12-13,23H2,1H3. The van der Waals surface area contributed by atoms with E-state index in [1.54, 1.807) is 6.07 Å². The number of hydrogen-bond acceptors (Lipinski definition) is 3. The molecular formula is C22H27NO2. The minimum Gasteiger partial charge on any atom is -0.508 e. The summed E-state index contributed by atoms with van der Waals surface area (Å²) in [6.07, 6.45) is 4.09. The summed E-state index contributed by atoms with van der Waals surface area (Å²) in [5, 5.41) is 9.90. The minimum atomic E-state index is -0.369. The Kier molecular flexibility index (Phi) is 4.30. The van der Waals surface area contributed by atoms with Crippen LogP contribution < -0.4 is 5.73 Å². The quantitative estimate of drug-likeness (QED) is 0.887. The Morgan fingerprint density at radius 1 is 1.08 bits per heavy atom. The van der Waals surface area contributed by atoms with Crippen LogP contribution in [-0.4, -0.2) is 17.3 Å². The molecule has 4 rings (SSSR count). The molecule has 132 valence electrons. The van der Waals surface area contributed by atoms with E-state index in [1.165, 1.54) is 16.7 Å². The zero-order valence-electron chi connectivity index (χ0n) is 14.8. The van der Waals surface area contributed by atoms with Crippen LogP contribution in [0.1, 0.15) is 42.6 Å². The zero-order valence-corrected chi connectivity index (χ0v) is 14.8. The van der Waals surface area contributed by atoms with Gasteiger partial charge in [-0.15, -0.1) is 0 Å². The van der Waals surface area contributed by atoms with Crippen molar-refractivity contribution in [3.8, 4) is 5.75 Å². The van der Waals surface area contributed by atoms with E-state index in [9.17, 15) is 5.11 Å². The van der Waals surface area contributed by atoms with Crippen molar-refractivity contribution in [1.82, 2.24) is 0 Å². The average Bonchev–Trinajstić information content (AvgIpc) is 2.85. The normalized spacial score (nSPS) is 29.0. The second kappa shape index (κ2) is 6.47. The monoisotopic (exact) mass is 337 g/mol. The van der Waals surface area contributed by atoms with Crippen LogP contribution in [0, 0.1) is 11.8 Å². The molecule has 25 heavy (non-hydrogen) atoms. The molecule has 1 fully saturated rings. The van der Waals surface area contributed by atoms with Crippen LogP contribution in [0.3, 0.4) is 0 Å². The fourth-order valence-electron chi connectivity index (χ4n) is 5.08. The summed E-state index contributed by atoms with van der Waals surface area (Å²) in [7, 11) is 0. The van der Waals surface area contributed by atoms with E-state index in [4.69, 9.17) is 10.5 Å². The highest BCUT2D eigenvalue weighted by molar-refractivity contribution is 5.39. The summed E-state index contributed by atoms with van der Waals surface area (Å²) in [5.41, 5.74) is 10.6. The Morgan fingerprint density at radius 3 is 2.44 bits per heavy atom. The molecule has 0 spiro atoms. The summed E-state index contributed by atoms with van der Waals surface area (Å²) in [6.45, 7) is 2.70. The molecule has 0 amide bonds. The number of fused-ring (bicyclic) bond motifs is 3. The number of phenolic OH excluding ortho intramolecular Hbond substituents is 1. The van der Waals surface area contributed by atoms with Crippen LogP contribution in [0.5, 0.6) is 5.75 Å². The van der Waals surface area contributed by atoms with Crippen LogP contribution in [0.2, 0.25) is 0 Å². The van der Waals surface area contributed by atoms with Gasteiger partial charge in [0.25, 0.3) is 0 Å². The maximum Gasteiger partial charge on any atom is 0.115 e. The van der Waals surface area contributed by atoms with Crippen molar-refractivity contribution < 1.29 is 9.84 Å². The number of benzene rings is 2. The van der Waals surface area contributed by atoms with Crippen LogP contribution in [0.4, 0.5) is 0 Å². The number of nitrogens with two attached hydrogens (primary N) is 1. The molecule has 2 aromatic rings. The molecule has 4 atom stereocenters. The molecule has 2 aromatic carbocycles. The third-order valence-electron chi connectivity index (χ3n) is 6.29. The van der Waals surface area contributed by atoms with Crippen molar-refractivity contribution in [3.05, 3.63) is 65.2 Å².